The van der Waals surface area contributed by atoms with Gasteiger partial charge in [-0.15, -0.1) is 0 Å². The van der Waals surface area contributed by atoms with Crippen LogP contribution in [-0.4, -0.2) is 29.5 Å². The molecule has 15 heavy (non-hydrogen) atoms. The Hall–Kier alpha value is -1.60. The SMILES string of the molecule is O=C(O)C(Oc1ccccc1)S(=O)(=O)O. The summed E-state index contributed by atoms with van der Waals surface area (Å²) >= 11 is 0. The molecule has 0 saturated heterocycles. The molecule has 7 heteroatoms. The van der Waals surface area contributed by atoms with E-state index in [2.05, 4.69) is 4.74 Å². The van der Waals surface area contributed by atoms with Gasteiger partial charge in [0.05, 0.1) is 0 Å². The molecule has 0 aromatic heterocycles. The molecule has 1 aromatic carbocycles. The molecule has 1 rings (SSSR count). The average molecular weight is 232 g/mol. The van der Waals surface area contributed by atoms with Crippen molar-refractivity contribution in [2.45, 2.75) is 5.44 Å². The molecule has 0 amide bonds. The van der Waals surface area contributed by atoms with E-state index >= 15 is 0 Å². The van der Waals surface area contributed by atoms with Gasteiger partial charge in [0.2, 0.25) is 0 Å². The predicted molar refractivity (Wildman–Crippen MR) is 50.0 cm³/mol. The molecule has 0 spiro atoms. The summed E-state index contributed by atoms with van der Waals surface area (Å²) in [6, 6.07) is 7.48. The van der Waals surface area contributed by atoms with Crippen LogP contribution in [0.2, 0.25) is 0 Å². The van der Waals surface area contributed by atoms with Gasteiger partial charge in [0, 0.05) is 0 Å². The lowest BCUT2D eigenvalue weighted by Crippen LogP contribution is -2.35. The van der Waals surface area contributed by atoms with E-state index < -0.39 is 21.5 Å². The number of hydrogen-bond donors (Lipinski definition) is 2. The molecule has 0 bridgehead atoms. The van der Waals surface area contributed by atoms with Crippen molar-refractivity contribution in [2.75, 3.05) is 0 Å². The van der Waals surface area contributed by atoms with Gasteiger partial charge in [-0.1, -0.05) is 18.2 Å². The monoisotopic (exact) mass is 232 g/mol. The Kier molecular flexibility index (Phi) is 3.28. The van der Waals surface area contributed by atoms with Crippen LogP contribution >= 0.6 is 0 Å². The van der Waals surface area contributed by atoms with Crippen LogP contribution in [0, 0.1) is 0 Å². The van der Waals surface area contributed by atoms with Crippen LogP contribution in [0.25, 0.3) is 0 Å². The maximum absolute atomic E-state index is 10.6. The van der Waals surface area contributed by atoms with Gasteiger partial charge in [-0.25, -0.2) is 4.79 Å². The van der Waals surface area contributed by atoms with Crippen LogP contribution in [0.15, 0.2) is 30.3 Å². The third-order valence-electron chi connectivity index (χ3n) is 1.46. The highest BCUT2D eigenvalue weighted by Crippen LogP contribution is 2.13. The fourth-order valence-corrected chi connectivity index (χ4v) is 1.35. The first-order valence-corrected chi connectivity index (χ1v) is 5.32. The first-order valence-electron chi connectivity index (χ1n) is 3.82. The van der Waals surface area contributed by atoms with Crippen molar-refractivity contribution in [1.29, 1.82) is 0 Å². The number of ether oxygens (including phenoxy) is 1. The Balaban J connectivity index is 2.92. The zero-order valence-corrected chi connectivity index (χ0v) is 8.22. The fourth-order valence-electron chi connectivity index (χ4n) is 0.861. The Morgan fingerprint density at radius 3 is 2.20 bits per heavy atom. The fraction of sp³-hybridized carbons (Fsp3) is 0.125. The van der Waals surface area contributed by atoms with Gasteiger partial charge in [0.25, 0.3) is 0 Å². The van der Waals surface area contributed by atoms with E-state index in [1.165, 1.54) is 24.3 Å². The molecule has 0 aliphatic carbocycles. The number of carbonyl (C=O) groups is 1. The second kappa shape index (κ2) is 4.28. The van der Waals surface area contributed by atoms with Crippen molar-refractivity contribution in [2.24, 2.45) is 0 Å². The Bertz CT molecular complexity index is 437. The highest BCUT2D eigenvalue weighted by atomic mass is 32.2. The van der Waals surface area contributed by atoms with Crippen molar-refractivity contribution in [3.8, 4) is 5.75 Å². The Labute approximate surface area is 85.9 Å². The largest absolute Gasteiger partial charge is 0.478 e. The molecule has 1 unspecified atom stereocenters. The lowest BCUT2D eigenvalue weighted by atomic mass is 10.3. The van der Waals surface area contributed by atoms with E-state index in [0.717, 1.165) is 0 Å². The summed E-state index contributed by atoms with van der Waals surface area (Å²) in [5, 5.41) is 8.51. The number of aliphatic carboxylic acids is 1. The number of carboxylic acids is 1. The van der Waals surface area contributed by atoms with Crippen LogP contribution in [0.5, 0.6) is 5.75 Å². The molecular weight excluding hydrogens is 224 g/mol. The number of rotatable bonds is 4. The van der Waals surface area contributed by atoms with Crippen molar-refractivity contribution < 1.29 is 27.6 Å². The molecule has 2 N–H and O–H groups in total. The molecule has 1 aromatic rings. The second-order valence-corrected chi connectivity index (χ2v) is 4.07. The minimum absolute atomic E-state index is 0.0440. The maximum atomic E-state index is 10.6. The summed E-state index contributed by atoms with van der Waals surface area (Å²) in [6.45, 7) is 0. The van der Waals surface area contributed by atoms with Crippen LogP contribution in [-0.2, 0) is 14.9 Å². The zero-order valence-electron chi connectivity index (χ0n) is 7.40. The second-order valence-electron chi connectivity index (χ2n) is 2.62. The highest BCUT2D eigenvalue weighted by Gasteiger charge is 2.33. The van der Waals surface area contributed by atoms with E-state index in [4.69, 9.17) is 9.66 Å². The van der Waals surface area contributed by atoms with Crippen molar-refractivity contribution in [3.63, 3.8) is 0 Å². The zero-order chi connectivity index (χ0) is 11.5. The molecular formula is C8H8O6S. The van der Waals surface area contributed by atoms with Gasteiger partial charge in [0.15, 0.2) is 0 Å². The molecule has 0 radical (unpaired) electrons. The maximum Gasteiger partial charge on any atom is 0.363 e. The van der Waals surface area contributed by atoms with Crippen molar-refractivity contribution >= 4 is 16.1 Å². The molecule has 6 nitrogen and oxygen atoms in total. The number of benzene rings is 1. The summed E-state index contributed by atoms with van der Waals surface area (Å²) in [5.74, 6) is -1.73. The number of hydrogen-bond acceptors (Lipinski definition) is 4. The van der Waals surface area contributed by atoms with Gasteiger partial charge in [-0.05, 0) is 12.1 Å². The van der Waals surface area contributed by atoms with Gasteiger partial charge >= 0.3 is 21.5 Å². The molecule has 82 valence electrons. The Morgan fingerprint density at radius 2 is 1.80 bits per heavy atom. The summed E-state index contributed by atoms with van der Waals surface area (Å²) in [4.78, 5) is 10.5. The minimum atomic E-state index is -4.78. The van der Waals surface area contributed by atoms with Gasteiger partial charge in [-0.3, -0.25) is 4.55 Å². The number of para-hydroxylation sites is 1. The Morgan fingerprint density at radius 1 is 1.27 bits per heavy atom. The normalized spacial score (nSPS) is 13.1. The van der Waals surface area contributed by atoms with Gasteiger partial charge < -0.3 is 9.84 Å². The van der Waals surface area contributed by atoms with E-state index in [-0.39, 0.29) is 5.75 Å². The summed E-state index contributed by atoms with van der Waals surface area (Å²) < 4.78 is 34.4. The minimum Gasteiger partial charge on any atom is -0.478 e. The predicted octanol–water partition coefficient (Wildman–Crippen LogP) is 0.364. The van der Waals surface area contributed by atoms with E-state index in [1.54, 1.807) is 6.07 Å². The smallest absolute Gasteiger partial charge is 0.363 e. The third-order valence-corrected chi connectivity index (χ3v) is 2.30. The molecule has 1 atom stereocenters. The van der Waals surface area contributed by atoms with Gasteiger partial charge in [0.1, 0.15) is 5.75 Å². The highest BCUT2D eigenvalue weighted by molar-refractivity contribution is 7.87. The van der Waals surface area contributed by atoms with Crippen molar-refractivity contribution in [1.82, 2.24) is 0 Å². The topological polar surface area (TPSA) is 101 Å². The van der Waals surface area contributed by atoms with Crippen LogP contribution in [0.1, 0.15) is 0 Å². The summed E-state index contributed by atoms with van der Waals surface area (Å²) in [6.07, 6.45) is 0. The quantitative estimate of drug-likeness (QED) is 0.727. The number of carboxylic acid groups (broad SMARTS) is 1. The van der Waals surface area contributed by atoms with E-state index in [9.17, 15) is 13.2 Å². The van der Waals surface area contributed by atoms with Crippen LogP contribution in [0.4, 0.5) is 0 Å². The van der Waals surface area contributed by atoms with Crippen molar-refractivity contribution in [3.05, 3.63) is 30.3 Å². The average Bonchev–Trinajstić information content (AvgIpc) is 2.13. The van der Waals surface area contributed by atoms with Crippen LogP contribution in [0.3, 0.4) is 0 Å². The third kappa shape index (κ3) is 3.22. The van der Waals surface area contributed by atoms with Crippen LogP contribution < -0.4 is 4.74 Å². The molecule has 0 aliphatic rings. The van der Waals surface area contributed by atoms with Gasteiger partial charge in [-0.2, -0.15) is 8.42 Å². The van der Waals surface area contributed by atoms with E-state index in [1.807, 2.05) is 0 Å². The lowest BCUT2D eigenvalue weighted by Gasteiger charge is -2.11. The first kappa shape index (κ1) is 11.5. The van der Waals surface area contributed by atoms with E-state index in [0.29, 0.717) is 0 Å². The molecule has 0 fully saturated rings. The lowest BCUT2D eigenvalue weighted by molar-refractivity contribution is -0.141. The molecule has 0 saturated carbocycles. The summed E-state index contributed by atoms with van der Waals surface area (Å²) in [5.41, 5.74) is -2.31. The standard InChI is InChI=1S/C8H8O6S/c9-7(10)8(15(11,12)13)14-6-4-2-1-3-5-6/h1-5,8H,(H,9,10)(H,11,12,13). The summed E-state index contributed by atoms with van der Waals surface area (Å²) in [7, 11) is -4.78. The molecule has 0 heterocycles. The molecule has 0 aliphatic heterocycles. The first-order chi connectivity index (χ1) is 6.91.